The van der Waals surface area contributed by atoms with Crippen LogP contribution in [0, 0.1) is 5.82 Å². The van der Waals surface area contributed by atoms with Gasteiger partial charge < -0.3 is 14.8 Å². The second-order valence-corrected chi connectivity index (χ2v) is 6.95. The minimum Gasteiger partial charge on any atom is -0.496 e. The molecule has 0 radical (unpaired) electrons. The molecule has 1 atom stereocenters. The third kappa shape index (κ3) is 4.06. The molecule has 144 valence electrons. The van der Waals surface area contributed by atoms with Gasteiger partial charge in [0.1, 0.15) is 11.9 Å². The molecule has 1 unspecified atom stereocenters. The van der Waals surface area contributed by atoms with Gasteiger partial charge in [-0.1, -0.05) is 0 Å². The van der Waals surface area contributed by atoms with E-state index in [2.05, 4.69) is 5.32 Å². The Kier molecular flexibility index (Phi) is 5.32. The lowest BCUT2D eigenvalue weighted by atomic mass is 9.91. The standard InChI is InChI=1S/C18H23F3N2O3/c1-23-5-3-4-14(23)17(24)22-10-11-6-13(19)16(7-15(11)25-2)26-12-8-18(20,21)9-12/h6-7,12,14H,3-5,8-10H2,1-2H3,(H,22,24). The van der Waals surface area contributed by atoms with Crippen LogP contribution in [-0.2, 0) is 11.3 Å². The molecule has 1 amide bonds. The Labute approximate surface area is 150 Å². The number of carbonyl (C=O) groups is 1. The first-order chi connectivity index (χ1) is 12.3. The van der Waals surface area contributed by atoms with Gasteiger partial charge in [-0.15, -0.1) is 0 Å². The van der Waals surface area contributed by atoms with Gasteiger partial charge in [0, 0.05) is 31.0 Å². The summed E-state index contributed by atoms with van der Waals surface area (Å²) in [6.45, 7) is 0.993. The number of hydrogen-bond acceptors (Lipinski definition) is 4. The summed E-state index contributed by atoms with van der Waals surface area (Å²) in [7, 11) is 3.32. The topological polar surface area (TPSA) is 50.8 Å². The predicted molar refractivity (Wildman–Crippen MR) is 89.0 cm³/mol. The zero-order chi connectivity index (χ0) is 18.9. The van der Waals surface area contributed by atoms with Crippen LogP contribution in [0.25, 0.3) is 0 Å². The van der Waals surface area contributed by atoms with E-state index in [-0.39, 0.29) is 24.2 Å². The Morgan fingerprint density at radius 2 is 2.08 bits per heavy atom. The highest BCUT2D eigenvalue weighted by Crippen LogP contribution is 2.41. The normalized spacial score (nSPS) is 22.7. The van der Waals surface area contributed by atoms with Gasteiger partial charge >= 0.3 is 0 Å². The number of hydrogen-bond donors (Lipinski definition) is 1. The summed E-state index contributed by atoms with van der Waals surface area (Å²) in [6.07, 6.45) is 0.238. The number of ether oxygens (including phenoxy) is 2. The van der Waals surface area contributed by atoms with Crippen molar-refractivity contribution in [2.24, 2.45) is 0 Å². The fourth-order valence-electron chi connectivity index (χ4n) is 3.41. The number of carbonyl (C=O) groups excluding carboxylic acids is 1. The van der Waals surface area contributed by atoms with Crippen LogP contribution >= 0.6 is 0 Å². The van der Waals surface area contributed by atoms with Crippen molar-refractivity contribution in [1.29, 1.82) is 0 Å². The largest absolute Gasteiger partial charge is 0.496 e. The van der Waals surface area contributed by atoms with E-state index in [1.165, 1.54) is 19.2 Å². The molecule has 8 heteroatoms. The molecule has 1 aliphatic carbocycles. The molecular weight excluding hydrogens is 349 g/mol. The van der Waals surface area contributed by atoms with Crippen molar-refractivity contribution in [3.8, 4) is 11.5 Å². The second-order valence-electron chi connectivity index (χ2n) is 6.95. The molecule has 2 fully saturated rings. The number of halogens is 3. The summed E-state index contributed by atoms with van der Waals surface area (Å²) >= 11 is 0. The van der Waals surface area contributed by atoms with E-state index in [1.807, 2.05) is 11.9 Å². The van der Waals surface area contributed by atoms with Crippen LogP contribution < -0.4 is 14.8 Å². The van der Waals surface area contributed by atoms with Crippen LogP contribution in [0.3, 0.4) is 0 Å². The summed E-state index contributed by atoms with van der Waals surface area (Å²) in [6, 6.07) is 2.38. The Bertz CT molecular complexity index is 676. The van der Waals surface area contributed by atoms with Crippen LogP contribution in [0.1, 0.15) is 31.2 Å². The smallest absolute Gasteiger partial charge is 0.255 e. The molecule has 1 N–H and O–H groups in total. The highest BCUT2D eigenvalue weighted by Gasteiger charge is 2.47. The molecule has 1 aliphatic heterocycles. The summed E-state index contributed by atoms with van der Waals surface area (Å²) in [5.74, 6) is -3.28. The maximum Gasteiger partial charge on any atom is 0.255 e. The average Bonchev–Trinajstić information content (AvgIpc) is 2.99. The monoisotopic (exact) mass is 372 g/mol. The van der Waals surface area contributed by atoms with Crippen molar-refractivity contribution < 1.29 is 27.4 Å². The number of benzene rings is 1. The maximum atomic E-state index is 14.3. The van der Waals surface area contributed by atoms with Crippen molar-refractivity contribution in [3.63, 3.8) is 0 Å². The highest BCUT2D eigenvalue weighted by molar-refractivity contribution is 5.82. The zero-order valence-electron chi connectivity index (χ0n) is 14.9. The van der Waals surface area contributed by atoms with Crippen molar-refractivity contribution in [1.82, 2.24) is 10.2 Å². The van der Waals surface area contributed by atoms with Gasteiger partial charge in [0.2, 0.25) is 5.91 Å². The molecule has 0 bridgehead atoms. The van der Waals surface area contributed by atoms with Gasteiger partial charge in [-0.25, -0.2) is 13.2 Å². The Morgan fingerprint density at radius 1 is 1.35 bits per heavy atom. The Hall–Kier alpha value is -1.96. The minimum absolute atomic E-state index is 0.107. The summed E-state index contributed by atoms with van der Waals surface area (Å²) < 4.78 is 50.6. The Morgan fingerprint density at radius 3 is 2.65 bits per heavy atom. The van der Waals surface area contributed by atoms with Crippen molar-refractivity contribution in [2.75, 3.05) is 20.7 Å². The molecule has 3 rings (SSSR count). The van der Waals surface area contributed by atoms with E-state index < -0.39 is 30.7 Å². The van der Waals surface area contributed by atoms with Gasteiger partial charge in [-0.05, 0) is 32.5 Å². The van der Waals surface area contributed by atoms with Gasteiger partial charge in [-0.2, -0.15) is 0 Å². The van der Waals surface area contributed by atoms with Crippen molar-refractivity contribution in [3.05, 3.63) is 23.5 Å². The van der Waals surface area contributed by atoms with Crippen LogP contribution in [0.2, 0.25) is 0 Å². The lowest BCUT2D eigenvalue weighted by molar-refractivity contribution is -0.135. The molecule has 1 saturated heterocycles. The number of methoxy groups -OCH3 is 1. The number of likely N-dealkylation sites (tertiary alicyclic amines) is 1. The summed E-state index contributed by atoms with van der Waals surface area (Å²) in [5.41, 5.74) is 0.463. The number of likely N-dealkylation sites (N-methyl/N-ethyl adjacent to an activating group) is 1. The molecule has 1 aromatic rings. The first kappa shape index (κ1) is 18.8. The third-order valence-corrected chi connectivity index (χ3v) is 4.96. The first-order valence-electron chi connectivity index (χ1n) is 8.68. The Balaban J connectivity index is 1.64. The highest BCUT2D eigenvalue weighted by atomic mass is 19.3. The van der Waals surface area contributed by atoms with E-state index in [4.69, 9.17) is 9.47 Å². The van der Waals surface area contributed by atoms with Crippen LogP contribution in [0.5, 0.6) is 11.5 Å². The predicted octanol–water partition coefficient (Wildman–Crippen LogP) is 2.72. The molecule has 2 aliphatic rings. The maximum absolute atomic E-state index is 14.3. The lowest BCUT2D eigenvalue weighted by Crippen LogP contribution is -2.43. The third-order valence-electron chi connectivity index (χ3n) is 4.96. The van der Waals surface area contributed by atoms with Gasteiger partial charge in [0.25, 0.3) is 5.92 Å². The molecule has 1 heterocycles. The summed E-state index contributed by atoms with van der Waals surface area (Å²) in [4.78, 5) is 14.2. The molecule has 0 aromatic heterocycles. The number of nitrogens with one attached hydrogen (secondary N) is 1. The van der Waals surface area contributed by atoms with Crippen LogP contribution in [0.15, 0.2) is 12.1 Å². The lowest BCUT2D eigenvalue weighted by Gasteiger charge is -2.35. The van der Waals surface area contributed by atoms with Crippen molar-refractivity contribution in [2.45, 2.75) is 50.3 Å². The van der Waals surface area contributed by atoms with Crippen molar-refractivity contribution >= 4 is 5.91 Å². The van der Waals surface area contributed by atoms with Gasteiger partial charge in [0.15, 0.2) is 11.6 Å². The summed E-state index contributed by atoms with van der Waals surface area (Å²) in [5, 5.41) is 2.80. The number of nitrogens with zero attached hydrogens (tertiary/aromatic N) is 1. The average molecular weight is 372 g/mol. The fraction of sp³-hybridized carbons (Fsp3) is 0.611. The first-order valence-corrected chi connectivity index (χ1v) is 8.68. The van der Waals surface area contributed by atoms with Gasteiger partial charge in [0.05, 0.1) is 13.2 Å². The molecule has 0 spiro atoms. The van der Waals surface area contributed by atoms with E-state index >= 15 is 0 Å². The number of amides is 1. The minimum atomic E-state index is -2.73. The second kappa shape index (κ2) is 7.34. The zero-order valence-corrected chi connectivity index (χ0v) is 14.9. The molecule has 1 saturated carbocycles. The molecule has 5 nitrogen and oxygen atoms in total. The molecule has 1 aromatic carbocycles. The molecule has 26 heavy (non-hydrogen) atoms. The number of rotatable bonds is 6. The van der Waals surface area contributed by atoms with Gasteiger partial charge in [-0.3, -0.25) is 9.69 Å². The fourth-order valence-corrected chi connectivity index (χ4v) is 3.41. The van der Waals surface area contributed by atoms with E-state index in [0.29, 0.717) is 11.3 Å². The van der Waals surface area contributed by atoms with E-state index in [9.17, 15) is 18.0 Å². The quantitative estimate of drug-likeness (QED) is 0.834. The number of alkyl halides is 2. The van der Waals surface area contributed by atoms with E-state index in [0.717, 1.165) is 19.4 Å². The SMILES string of the molecule is COc1cc(OC2CC(F)(F)C2)c(F)cc1CNC(=O)C1CCCN1C. The van der Waals surface area contributed by atoms with Crippen LogP contribution in [-0.4, -0.2) is 49.6 Å². The molecular formula is C18H23F3N2O3. The van der Waals surface area contributed by atoms with E-state index in [1.54, 1.807) is 0 Å². The van der Waals surface area contributed by atoms with Crippen LogP contribution in [0.4, 0.5) is 13.2 Å².